The molecule has 0 saturated heterocycles. The second-order valence-corrected chi connectivity index (χ2v) is 7.05. The normalized spacial score (nSPS) is 13.2. The van der Waals surface area contributed by atoms with E-state index in [9.17, 15) is 8.42 Å². The number of rotatable bonds is 7. The third kappa shape index (κ3) is 4.60. The third-order valence-corrected chi connectivity index (χ3v) is 4.81. The lowest BCUT2D eigenvalue weighted by atomic mass is 10.1. The van der Waals surface area contributed by atoms with Crippen LogP contribution in [0.15, 0.2) is 29.2 Å². The van der Waals surface area contributed by atoms with Crippen LogP contribution in [-0.4, -0.2) is 38.5 Å². The molecule has 0 spiro atoms. The number of aliphatic hydroxyl groups is 1. The highest BCUT2D eigenvalue weighted by Gasteiger charge is 2.17. The number of nitrogens with zero attached hydrogens (tertiary/aromatic N) is 1. The first kappa shape index (κ1) is 16.6. The Labute approximate surface area is 120 Å². The van der Waals surface area contributed by atoms with Crippen molar-refractivity contribution in [3.8, 4) is 6.07 Å². The minimum absolute atomic E-state index is 0.0262. The Morgan fingerprint density at radius 1 is 1.40 bits per heavy atom. The zero-order valence-electron chi connectivity index (χ0n) is 11.7. The fraction of sp³-hybridized carbons (Fsp3) is 0.500. The van der Waals surface area contributed by atoms with Crippen molar-refractivity contribution in [1.29, 1.82) is 5.26 Å². The summed E-state index contributed by atoms with van der Waals surface area (Å²) in [5.74, 6) is 0.162. The van der Waals surface area contributed by atoms with Gasteiger partial charge in [-0.15, -0.1) is 0 Å². The van der Waals surface area contributed by atoms with Crippen molar-refractivity contribution in [3.05, 3.63) is 29.8 Å². The average molecular weight is 296 g/mol. The van der Waals surface area contributed by atoms with E-state index >= 15 is 0 Å². The van der Waals surface area contributed by atoms with Crippen molar-refractivity contribution in [2.75, 3.05) is 18.9 Å². The molecule has 1 aromatic carbocycles. The van der Waals surface area contributed by atoms with Crippen molar-refractivity contribution in [2.45, 2.75) is 24.8 Å². The van der Waals surface area contributed by atoms with Gasteiger partial charge in [0.15, 0.2) is 9.84 Å². The fourth-order valence-electron chi connectivity index (χ4n) is 1.77. The molecule has 1 unspecified atom stereocenters. The van der Waals surface area contributed by atoms with E-state index in [4.69, 9.17) is 10.4 Å². The van der Waals surface area contributed by atoms with Crippen LogP contribution in [0.3, 0.4) is 0 Å². The maximum atomic E-state index is 12.1. The van der Waals surface area contributed by atoms with Crippen LogP contribution in [0.25, 0.3) is 0 Å². The molecule has 1 aromatic rings. The summed E-state index contributed by atoms with van der Waals surface area (Å²) in [5.41, 5.74) is 0.328. The highest BCUT2D eigenvalue weighted by Crippen LogP contribution is 2.12. The van der Waals surface area contributed by atoms with Crippen LogP contribution >= 0.6 is 0 Å². The van der Waals surface area contributed by atoms with Gasteiger partial charge in [-0.3, -0.25) is 0 Å². The van der Waals surface area contributed by atoms with Gasteiger partial charge in [-0.05, 0) is 24.1 Å². The standard InChI is InChI=1S/C14H20N2O3S/c1-11(2)14(10-17)16-6-7-20(18,19)13-5-3-4-12(8-13)9-15/h3-5,8,11,14,16-17H,6-7,10H2,1-2H3. The molecule has 6 heteroatoms. The Morgan fingerprint density at radius 3 is 2.65 bits per heavy atom. The van der Waals surface area contributed by atoms with Gasteiger partial charge in [0.1, 0.15) is 0 Å². The molecule has 0 aliphatic carbocycles. The molecule has 5 nitrogen and oxygen atoms in total. The Kier molecular flexibility index (Phi) is 6.14. The second kappa shape index (κ2) is 7.39. The van der Waals surface area contributed by atoms with Gasteiger partial charge in [-0.1, -0.05) is 19.9 Å². The fourth-order valence-corrected chi connectivity index (χ4v) is 2.98. The Morgan fingerprint density at radius 2 is 2.10 bits per heavy atom. The van der Waals surface area contributed by atoms with Crippen LogP contribution in [0, 0.1) is 17.2 Å². The van der Waals surface area contributed by atoms with E-state index in [1.54, 1.807) is 12.1 Å². The highest BCUT2D eigenvalue weighted by molar-refractivity contribution is 7.91. The quantitative estimate of drug-likeness (QED) is 0.781. The van der Waals surface area contributed by atoms with Gasteiger partial charge in [0.25, 0.3) is 0 Å². The van der Waals surface area contributed by atoms with Crippen molar-refractivity contribution in [1.82, 2.24) is 5.32 Å². The molecule has 0 radical (unpaired) electrons. The van der Waals surface area contributed by atoms with Crippen molar-refractivity contribution < 1.29 is 13.5 Å². The summed E-state index contributed by atoms with van der Waals surface area (Å²) in [5, 5.41) is 21.0. The summed E-state index contributed by atoms with van der Waals surface area (Å²) in [7, 11) is -3.42. The number of nitriles is 1. The first-order chi connectivity index (χ1) is 9.40. The Bertz CT molecular complexity index is 576. The van der Waals surface area contributed by atoms with Gasteiger partial charge in [0.05, 0.1) is 28.9 Å². The number of benzene rings is 1. The van der Waals surface area contributed by atoms with E-state index in [1.807, 2.05) is 19.9 Å². The lowest BCUT2D eigenvalue weighted by Gasteiger charge is -2.19. The molecule has 0 bridgehead atoms. The van der Waals surface area contributed by atoms with Crippen LogP contribution in [-0.2, 0) is 9.84 Å². The number of aliphatic hydroxyl groups excluding tert-OH is 1. The summed E-state index contributed by atoms with van der Waals surface area (Å²) in [4.78, 5) is 0.156. The van der Waals surface area contributed by atoms with E-state index < -0.39 is 9.84 Å². The molecule has 20 heavy (non-hydrogen) atoms. The van der Waals surface area contributed by atoms with Crippen molar-refractivity contribution in [3.63, 3.8) is 0 Å². The molecule has 0 saturated carbocycles. The van der Waals surface area contributed by atoms with Crippen LogP contribution < -0.4 is 5.32 Å². The topological polar surface area (TPSA) is 90.2 Å². The molecule has 0 fully saturated rings. The molecule has 0 heterocycles. The minimum atomic E-state index is -3.42. The van der Waals surface area contributed by atoms with Crippen LogP contribution in [0.4, 0.5) is 0 Å². The minimum Gasteiger partial charge on any atom is -0.395 e. The molecule has 1 rings (SSSR count). The monoisotopic (exact) mass is 296 g/mol. The van der Waals surface area contributed by atoms with Crippen molar-refractivity contribution >= 4 is 9.84 Å². The number of sulfone groups is 1. The summed E-state index contributed by atoms with van der Waals surface area (Å²) < 4.78 is 24.3. The summed E-state index contributed by atoms with van der Waals surface area (Å²) in [6.07, 6.45) is 0. The molecule has 110 valence electrons. The zero-order chi connectivity index (χ0) is 15.2. The van der Waals surface area contributed by atoms with E-state index in [-0.39, 0.29) is 35.8 Å². The predicted octanol–water partition coefficient (Wildman–Crippen LogP) is 0.938. The highest BCUT2D eigenvalue weighted by atomic mass is 32.2. The Hall–Kier alpha value is -1.42. The van der Waals surface area contributed by atoms with Gasteiger partial charge in [-0.25, -0.2) is 8.42 Å². The molecular formula is C14H20N2O3S. The van der Waals surface area contributed by atoms with E-state index in [0.29, 0.717) is 5.56 Å². The first-order valence-electron chi connectivity index (χ1n) is 6.48. The largest absolute Gasteiger partial charge is 0.395 e. The van der Waals surface area contributed by atoms with Crippen LogP contribution in [0.1, 0.15) is 19.4 Å². The summed E-state index contributed by atoms with van der Waals surface area (Å²) in [6, 6.07) is 7.80. The Balaban J connectivity index is 2.69. The molecule has 1 atom stereocenters. The first-order valence-corrected chi connectivity index (χ1v) is 8.13. The average Bonchev–Trinajstić information content (AvgIpc) is 2.43. The van der Waals surface area contributed by atoms with Gasteiger partial charge < -0.3 is 10.4 Å². The SMILES string of the molecule is CC(C)C(CO)NCCS(=O)(=O)c1cccc(C#N)c1. The van der Waals surface area contributed by atoms with Gasteiger partial charge >= 0.3 is 0 Å². The van der Waals surface area contributed by atoms with Crippen LogP contribution in [0.5, 0.6) is 0 Å². The van der Waals surface area contributed by atoms with Crippen molar-refractivity contribution in [2.24, 2.45) is 5.92 Å². The molecule has 0 aliphatic heterocycles. The molecule has 0 aromatic heterocycles. The molecule has 0 amide bonds. The van der Waals surface area contributed by atoms with Crippen LogP contribution in [0.2, 0.25) is 0 Å². The van der Waals surface area contributed by atoms with Gasteiger partial charge in [0.2, 0.25) is 0 Å². The van der Waals surface area contributed by atoms with Gasteiger partial charge in [-0.2, -0.15) is 5.26 Å². The van der Waals surface area contributed by atoms with Gasteiger partial charge in [0, 0.05) is 12.6 Å². The summed E-state index contributed by atoms with van der Waals surface area (Å²) >= 11 is 0. The van der Waals surface area contributed by atoms with E-state index in [0.717, 1.165) is 0 Å². The predicted molar refractivity (Wildman–Crippen MR) is 76.9 cm³/mol. The zero-order valence-corrected chi connectivity index (χ0v) is 12.5. The van der Waals surface area contributed by atoms with E-state index in [2.05, 4.69) is 5.32 Å². The third-order valence-electron chi connectivity index (χ3n) is 3.10. The molecular weight excluding hydrogens is 276 g/mol. The smallest absolute Gasteiger partial charge is 0.179 e. The maximum absolute atomic E-state index is 12.1. The second-order valence-electron chi connectivity index (χ2n) is 4.95. The lowest BCUT2D eigenvalue weighted by molar-refractivity contribution is 0.213. The molecule has 0 aliphatic rings. The maximum Gasteiger partial charge on any atom is 0.179 e. The lowest BCUT2D eigenvalue weighted by Crippen LogP contribution is -2.39. The number of nitrogens with one attached hydrogen (secondary N) is 1. The summed E-state index contributed by atoms with van der Waals surface area (Å²) in [6.45, 7) is 4.15. The number of hydrogen-bond acceptors (Lipinski definition) is 5. The molecule has 2 N–H and O–H groups in total. The number of hydrogen-bond donors (Lipinski definition) is 2. The van der Waals surface area contributed by atoms with E-state index in [1.165, 1.54) is 12.1 Å².